The van der Waals surface area contributed by atoms with Crippen molar-refractivity contribution in [1.82, 2.24) is 4.90 Å². The summed E-state index contributed by atoms with van der Waals surface area (Å²) in [7, 11) is -2.63. The van der Waals surface area contributed by atoms with E-state index in [1.54, 1.807) is 0 Å². The average molecular weight is 466 g/mol. The topological polar surface area (TPSA) is 38.8 Å². The number of nitrogens with zero attached hydrogens (tertiary/aromatic N) is 1. The van der Waals surface area contributed by atoms with E-state index in [9.17, 15) is 4.79 Å². The number of fused-ring (bicyclic) bond motifs is 1. The van der Waals surface area contributed by atoms with E-state index in [0.29, 0.717) is 12.5 Å². The van der Waals surface area contributed by atoms with Crippen molar-refractivity contribution in [1.29, 1.82) is 0 Å². The molecule has 5 heteroatoms. The van der Waals surface area contributed by atoms with Crippen LogP contribution in [0, 0.1) is 11.8 Å². The molecule has 1 saturated carbocycles. The maximum absolute atomic E-state index is 13.1. The fourth-order valence-corrected chi connectivity index (χ4v) is 9.98. The zero-order valence-corrected chi connectivity index (χ0v) is 22.0. The lowest BCUT2D eigenvalue weighted by Crippen LogP contribution is -2.67. The molecule has 4 nitrogen and oxygen atoms in total. The lowest BCUT2D eigenvalue weighted by atomic mass is 10.0. The second-order valence-electron chi connectivity index (χ2n) is 11.8. The van der Waals surface area contributed by atoms with Crippen molar-refractivity contribution in [2.75, 3.05) is 13.2 Å². The summed E-state index contributed by atoms with van der Waals surface area (Å²) in [6.07, 6.45) is 2.01. The van der Waals surface area contributed by atoms with Gasteiger partial charge in [-0.25, -0.2) is 4.79 Å². The van der Waals surface area contributed by atoms with E-state index in [1.165, 1.54) is 16.8 Å². The molecule has 3 atom stereocenters. The van der Waals surface area contributed by atoms with Crippen molar-refractivity contribution in [3.63, 3.8) is 0 Å². The Bertz CT molecular complexity index is 909. The minimum absolute atomic E-state index is 0.0465. The maximum Gasteiger partial charge on any atom is 0.410 e. The van der Waals surface area contributed by atoms with E-state index < -0.39 is 13.9 Å². The smallest absolute Gasteiger partial charge is 0.410 e. The Morgan fingerprint density at radius 1 is 0.879 bits per heavy atom. The highest BCUT2D eigenvalue weighted by molar-refractivity contribution is 6.99. The molecule has 1 saturated heterocycles. The van der Waals surface area contributed by atoms with Crippen molar-refractivity contribution in [2.45, 2.75) is 71.1 Å². The van der Waals surface area contributed by atoms with Crippen LogP contribution in [-0.4, -0.2) is 44.1 Å². The first-order chi connectivity index (χ1) is 15.5. The van der Waals surface area contributed by atoms with E-state index in [0.717, 1.165) is 18.9 Å². The molecule has 2 aromatic carbocycles. The molecule has 0 unspecified atom stereocenters. The van der Waals surface area contributed by atoms with Crippen LogP contribution in [0.1, 0.15) is 54.4 Å². The average Bonchev–Trinajstić information content (AvgIpc) is 3.51. The highest BCUT2D eigenvalue weighted by atomic mass is 28.4. The monoisotopic (exact) mass is 465 g/mol. The third-order valence-electron chi connectivity index (χ3n) is 7.05. The summed E-state index contributed by atoms with van der Waals surface area (Å²) in [5, 5.41) is 2.46. The molecule has 0 bridgehead atoms. The number of amides is 1. The molecule has 2 aliphatic rings. The summed E-state index contributed by atoms with van der Waals surface area (Å²) in [5.41, 5.74) is -0.499. The Morgan fingerprint density at radius 2 is 1.42 bits per heavy atom. The van der Waals surface area contributed by atoms with E-state index in [-0.39, 0.29) is 17.2 Å². The number of ether oxygens (including phenoxy) is 1. The Kier molecular flexibility index (Phi) is 6.49. The lowest BCUT2D eigenvalue weighted by Gasteiger charge is -2.45. The van der Waals surface area contributed by atoms with Gasteiger partial charge in [-0.3, -0.25) is 0 Å². The van der Waals surface area contributed by atoms with E-state index in [2.05, 4.69) is 81.4 Å². The molecule has 0 radical (unpaired) electrons. The van der Waals surface area contributed by atoms with Gasteiger partial charge in [-0.15, -0.1) is 0 Å². The van der Waals surface area contributed by atoms with Gasteiger partial charge in [-0.1, -0.05) is 81.4 Å². The lowest BCUT2D eigenvalue weighted by molar-refractivity contribution is 0.00166. The molecule has 1 aliphatic carbocycles. The fourth-order valence-electron chi connectivity index (χ4n) is 5.39. The van der Waals surface area contributed by atoms with Crippen molar-refractivity contribution in [2.24, 2.45) is 11.8 Å². The fraction of sp³-hybridized carbons (Fsp3) is 0.536. The quantitative estimate of drug-likeness (QED) is 0.569. The molecule has 0 N–H and O–H groups in total. The summed E-state index contributed by atoms with van der Waals surface area (Å²) in [6, 6.07) is 21.5. The van der Waals surface area contributed by atoms with Gasteiger partial charge in [0.05, 0.1) is 12.6 Å². The number of rotatable bonds is 5. The third kappa shape index (κ3) is 5.04. The number of hydrogen-bond acceptors (Lipinski definition) is 3. The summed E-state index contributed by atoms with van der Waals surface area (Å²) in [6.45, 7) is 14.0. The van der Waals surface area contributed by atoms with Crippen LogP contribution in [-0.2, 0) is 9.16 Å². The van der Waals surface area contributed by atoms with Gasteiger partial charge in [-0.05, 0) is 60.9 Å². The summed E-state index contributed by atoms with van der Waals surface area (Å²) in [5.74, 6) is 1.35. The molecule has 1 aliphatic heterocycles. The normalized spacial score (nSPS) is 23.1. The molecule has 2 fully saturated rings. The molecular weight excluding hydrogens is 426 g/mol. The van der Waals surface area contributed by atoms with Crippen LogP contribution in [0.15, 0.2) is 60.7 Å². The van der Waals surface area contributed by atoms with Gasteiger partial charge >= 0.3 is 6.09 Å². The zero-order chi connectivity index (χ0) is 23.9. The minimum atomic E-state index is -2.63. The Morgan fingerprint density at radius 3 is 1.91 bits per heavy atom. The van der Waals surface area contributed by atoms with Crippen LogP contribution in [0.25, 0.3) is 0 Å². The second kappa shape index (κ2) is 8.92. The van der Waals surface area contributed by atoms with Crippen LogP contribution >= 0.6 is 0 Å². The number of carbonyl (C=O) groups is 1. The Labute approximate surface area is 200 Å². The zero-order valence-electron chi connectivity index (χ0n) is 21.0. The highest BCUT2D eigenvalue weighted by Gasteiger charge is 2.52. The minimum Gasteiger partial charge on any atom is -0.444 e. The van der Waals surface area contributed by atoms with Crippen molar-refractivity contribution < 1.29 is 14.0 Å². The molecular formula is C28H39NO3Si. The largest absolute Gasteiger partial charge is 0.444 e. The van der Waals surface area contributed by atoms with Crippen LogP contribution in [0.2, 0.25) is 5.04 Å². The number of likely N-dealkylation sites (tertiary alicyclic amines) is 1. The number of hydrogen-bond donors (Lipinski definition) is 0. The van der Waals surface area contributed by atoms with Crippen molar-refractivity contribution >= 4 is 24.8 Å². The van der Waals surface area contributed by atoms with Crippen molar-refractivity contribution in [3.05, 3.63) is 60.7 Å². The standard InChI is InChI=1S/C28H39NO3Si/c1-27(2,3)32-26(30)29-19-22-17-21(22)18-23(29)20-31-33(28(4,5)6,24-13-9-7-10-14-24)25-15-11-8-12-16-25/h7-16,21-23H,17-20H2,1-6H3/t21-,22+,23+/m1/s1. The van der Waals surface area contributed by atoms with Crippen LogP contribution in [0.5, 0.6) is 0 Å². The second-order valence-corrected chi connectivity index (χ2v) is 16.1. The van der Waals surface area contributed by atoms with Crippen LogP contribution in [0.3, 0.4) is 0 Å². The van der Waals surface area contributed by atoms with Crippen molar-refractivity contribution in [3.8, 4) is 0 Å². The first-order valence-corrected chi connectivity index (χ1v) is 14.2. The maximum atomic E-state index is 13.1. The molecule has 1 amide bonds. The first kappa shape index (κ1) is 24.0. The summed E-state index contributed by atoms with van der Waals surface area (Å²) < 4.78 is 13.0. The van der Waals surface area contributed by atoms with Gasteiger partial charge in [0.25, 0.3) is 8.32 Å². The number of piperidine rings is 1. The van der Waals surface area contributed by atoms with Gasteiger partial charge in [-0.2, -0.15) is 0 Å². The van der Waals surface area contributed by atoms with Gasteiger partial charge in [0.15, 0.2) is 0 Å². The number of benzene rings is 2. The molecule has 0 spiro atoms. The molecule has 4 rings (SSSR count). The third-order valence-corrected chi connectivity index (χ3v) is 12.1. The molecule has 178 valence electrons. The molecule has 33 heavy (non-hydrogen) atoms. The van der Waals surface area contributed by atoms with Crippen LogP contribution in [0.4, 0.5) is 4.79 Å². The van der Waals surface area contributed by atoms with Crippen LogP contribution < -0.4 is 10.4 Å². The Balaban J connectivity index is 1.67. The molecule has 1 heterocycles. The predicted molar refractivity (Wildman–Crippen MR) is 137 cm³/mol. The van der Waals surface area contributed by atoms with E-state index in [1.807, 2.05) is 25.7 Å². The summed E-state index contributed by atoms with van der Waals surface area (Å²) in [4.78, 5) is 15.1. The number of carbonyl (C=O) groups excluding carboxylic acids is 1. The van der Waals surface area contributed by atoms with Gasteiger partial charge in [0.1, 0.15) is 5.60 Å². The molecule has 2 aromatic rings. The highest BCUT2D eigenvalue weighted by Crippen LogP contribution is 2.48. The van der Waals surface area contributed by atoms with Gasteiger partial charge in [0, 0.05) is 6.54 Å². The predicted octanol–water partition coefficient (Wildman–Crippen LogP) is 5.21. The van der Waals surface area contributed by atoms with E-state index >= 15 is 0 Å². The first-order valence-electron chi connectivity index (χ1n) is 12.3. The summed E-state index contributed by atoms with van der Waals surface area (Å²) >= 11 is 0. The van der Waals surface area contributed by atoms with Gasteiger partial charge < -0.3 is 14.1 Å². The SMILES string of the molecule is CC(C)(C)OC(=O)N1C[C@@H]2C[C@@H]2C[C@H]1CO[Si](c1ccccc1)(c1ccccc1)C(C)(C)C. The Hall–Kier alpha value is -2.11. The van der Waals surface area contributed by atoms with E-state index in [4.69, 9.17) is 9.16 Å². The molecule has 0 aromatic heterocycles. The van der Waals surface area contributed by atoms with Gasteiger partial charge in [0.2, 0.25) is 0 Å².